The minimum Gasteiger partial charge on any atom is -0.445 e. The molecule has 1 saturated heterocycles. The van der Waals surface area contributed by atoms with E-state index in [-0.39, 0.29) is 32.3 Å². The van der Waals surface area contributed by atoms with Crippen LogP contribution >= 0.6 is 0 Å². The second-order valence-electron chi connectivity index (χ2n) is 10.8. The maximum atomic E-state index is 13.9. The number of nitrogens with zero attached hydrogens (tertiary/aromatic N) is 4. The van der Waals surface area contributed by atoms with Crippen LogP contribution in [0.4, 0.5) is 18.0 Å². The van der Waals surface area contributed by atoms with Gasteiger partial charge in [0.25, 0.3) is 0 Å². The summed E-state index contributed by atoms with van der Waals surface area (Å²) < 4.78 is 52.8. The number of hydrogen-bond donors (Lipinski definition) is 0. The van der Waals surface area contributed by atoms with Gasteiger partial charge in [-0.1, -0.05) is 72.3 Å². The van der Waals surface area contributed by atoms with E-state index in [4.69, 9.17) is 9.47 Å². The largest absolute Gasteiger partial charge is 0.445 e. The van der Waals surface area contributed by atoms with Crippen LogP contribution in [0.2, 0.25) is 0 Å². The van der Waals surface area contributed by atoms with Gasteiger partial charge in [0.05, 0.1) is 23.8 Å². The van der Waals surface area contributed by atoms with Crippen molar-refractivity contribution in [3.05, 3.63) is 107 Å². The van der Waals surface area contributed by atoms with E-state index in [1.54, 1.807) is 24.8 Å². The number of aliphatic imine (C=N–C) groups is 1. The summed E-state index contributed by atoms with van der Waals surface area (Å²) >= 11 is 0. The van der Waals surface area contributed by atoms with Gasteiger partial charge in [-0.3, -0.25) is 4.90 Å². The molecular weight excluding hydrogens is 545 g/mol. The molecule has 10 heteroatoms. The van der Waals surface area contributed by atoms with Gasteiger partial charge in [0.2, 0.25) is 0 Å². The molecular formula is C32H33F3N4O3. The molecule has 3 aromatic rings. The van der Waals surface area contributed by atoms with Crippen molar-refractivity contribution in [2.24, 2.45) is 21.1 Å². The first kappa shape index (κ1) is 29.4. The molecule has 1 amide bonds. The third-order valence-corrected chi connectivity index (χ3v) is 7.87. The molecule has 42 heavy (non-hydrogen) atoms. The molecule has 0 bridgehead atoms. The number of amidine groups is 1. The average Bonchev–Trinajstić information content (AvgIpc) is 3.54. The first-order chi connectivity index (χ1) is 20.2. The molecule has 1 fully saturated rings. The van der Waals surface area contributed by atoms with E-state index in [2.05, 4.69) is 15.2 Å². The van der Waals surface area contributed by atoms with Crippen LogP contribution in [0.5, 0.6) is 0 Å². The summed E-state index contributed by atoms with van der Waals surface area (Å²) in [5.74, 6) is 0.465. The molecule has 0 N–H and O–H groups in total. The summed E-state index contributed by atoms with van der Waals surface area (Å²) in [6.45, 7) is 4.05. The van der Waals surface area contributed by atoms with Gasteiger partial charge in [-0.2, -0.15) is 18.3 Å². The van der Waals surface area contributed by atoms with Crippen LogP contribution in [0.3, 0.4) is 0 Å². The molecule has 1 unspecified atom stereocenters. The second kappa shape index (κ2) is 12.4. The summed E-state index contributed by atoms with van der Waals surface area (Å²) in [6, 6.07) is 22.9. The SMILES string of the molecule is Cc1cc([C@@H](C)OC[C@@]2(c3ccccc3)CCC(C3=NCN=N3)CN2C(=O)OCc2ccccc2)cc(C(F)(F)F)c1. The van der Waals surface area contributed by atoms with Gasteiger partial charge in [0.1, 0.15) is 6.61 Å². The number of rotatable bonds is 8. The van der Waals surface area contributed by atoms with Crippen molar-refractivity contribution < 1.29 is 27.4 Å². The fourth-order valence-electron chi connectivity index (χ4n) is 5.59. The Bertz CT molecular complexity index is 1450. The number of benzene rings is 3. The molecule has 0 spiro atoms. The van der Waals surface area contributed by atoms with Crippen LogP contribution in [0.15, 0.2) is 94.1 Å². The molecule has 7 nitrogen and oxygen atoms in total. The smallest absolute Gasteiger partial charge is 0.416 e. The molecule has 220 valence electrons. The number of ether oxygens (including phenoxy) is 2. The van der Waals surface area contributed by atoms with Crippen molar-refractivity contribution in [1.29, 1.82) is 0 Å². The molecule has 3 aromatic carbocycles. The minimum absolute atomic E-state index is 0.0502. The lowest BCUT2D eigenvalue weighted by molar-refractivity contribution is -0.137. The standard InChI is InChI=1S/C32H33F3N4O3/c1-22-15-26(17-28(16-22)32(33,34)35)23(2)42-20-31(27-11-7-4-8-12-27)14-13-25(29-36-21-37-38-29)18-39(31)30(40)41-19-24-9-5-3-6-10-24/h3-12,15-17,23,25H,13-14,18-21H2,1-2H3/t23-,25?,31-/m1/s1. The van der Waals surface area contributed by atoms with E-state index in [0.29, 0.717) is 29.8 Å². The lowest BCUT2D eigenvalue weighted by Gasteiger charge is -2.49. The molecule has 3 atom stereocenters. The first-order valence-corrected chi connectivity index (χ1v) is 13.9. The van der Waals surface area contributed by atoms with Gasteiger partial charge in [-0.15, -0.1) is 5.11 Å². The van der Waals surface area contributed by atoms with E-state index in [1.807, 2.05) is 60.7 Å². The number of azo groups is 1. The maximum Gasteiger partial charge on any atom is 0.416 e. The number of aryl methyl sites for hydroxylation is 1. The Labute approximate surface area is 243 Å². The predicted molar refractivity (Wildman–Crippen MR) is 152 cm³/mol. The van der Waals surface area contributed by atoms with Gasteiger partial charge in [0.15, 0.2) is 12.5 Å². The Kier molecular flexibility index (Phi) is 8.72. The fourth-order valence-corrected chi connectivity index (χ4v) is 5.59. The molecule has 2 heterocycles. The van der Waals surface area contributed by atoms with Crippen LogP contribution in [0.1, 0.15) is 53.7 Å². The monoisotopic (exact) mass is 578 g/mol. The first-order valence-electron chi connectivity index (χ1n) is 13.9. The highest BCUT2D eigenvalue weighted by molar-refractivity contribution is 5.86. The van der Waals surface area contributed by atoms with Crippen LogP contribution in [-0.2, 0) is 27.8 Å². The van der Waals surface area contributed by atoms with Gasteiger partial charge >= 0.3 is 12.3 Å². The molecule has 0 radical (unpaired) electrons. The Morgan fingerprint density at radius 3 is 2.45 bits per heavy atom. The van der Waals surface area contributed by atoms with Gasteiger partial charge in [-0.25, -0.2) is 9.79 Å². The minimum atomic E-state index is -4.47. The summed E-state index contributed by atoms with van der Waals surface area (Å²) in [6.07, 6.45) is -4.49. The van der Waals surface area contributed by atoms with E-state index in [1.165, 1.54) is 0 Å². The van der Waals surface area contributed by atoms with Crippen molar-refractivity contribution in [3.63, 3.8) is 0 Å². The number of likely N-dealkylation sites (tertiary alicyclic amines) is 1. The van der Waals surface area contributed by atoms with Gasteiger partial charge in [0, 0.05) is 12.5 Å². The highest BCUT2D eigenvalue weighted by Crippen LogP contribution is 2.42. The van der Waals surface area contributed by atoms with E-state index in [0.717, 1.165) is 23.3 Å². The third-order valence-electron chi connectivity index (χ3n) is 7.87. The Hall–Kier alpha value is -4.05. The third kappa shape index (κ3) is 6.54. The van der Waals surface area contributed by atoms with E-state index >= 15 is 0 Å². The number of amides is 1. The number of piperidine rings is 1. The maximum absolute atomic E-state index is 13.9. The second-order valence-corrected chi connectivity index (χ2v) is 10.8. The van der Waals surface area contributed by atoms with Crippen LogP contribution in [0, 0.1) is 12.8 Å². The van der Waals surface area contributed by atoms with Crippen molar-refractivity contribution in [3.8, 4) is 0 Å². The van der Waals surface area contributed by atoms with Crippen molar-refractivity contribution >= 4 is 11.9 Å². The fraction of sp³-hybridized carbons (Fsp3) is 0.375. The van der Waals surface area contributed by atoms with Crippen molar-refractivity contribution in [1.82, 2.24) is 4.90 Å². The summed E-state index contributed by atoms with van der Waals surface area (Å²) in [7, 11) is 0. The molecule has 0 aromatic heterocycles. The number of carbonyl (C=O) groups is 1. The summed E-state index contributed by atoms with van der Waals surface area (Å²) in [5, 5.41) is 8.18. The zero-order valence-electron chi connectivity index (χ0n) is 23.6. The summed E-state index contributed by atoms with van der Waals surface area (Å²) in [4.78, 5) is 19.9. The zero-order valence-corrected chi connectivity index (χ0v) is 23.6. The molecule has 5 rings (SSSR count). The summed E-state index contributed by atoms with van der Waals surface area (Å²) in [5.41, 5.74) is 0.950. The quantitative estimate of drug-likeness (QED) is 0.273. The Morgan fingerprint density at radius 1 is 1.07 bits per heavy atom. The Balaban J connectivity index is 1.46. The zero-order chi connectivity index (χ0) is 29.7. The topological polar surface area (TPSA) is 75.9 Å². The van der Waals surface area contributed by atoms with Gasteiger partial charge in [-0.05, 0) is 55.5 Å². The van der Waals surface area contributed by atoms with Crippen LogP contribution in [-0.4, -0.2) is 36.6 Å². The molecule has 0 saturated carbocycles. The van der Waals surface area contributed by atoms with Gasteiger partial charge < -0.3 is 9.47 Å². The lowest BCUT2D eigenvalue weighted by Crippen LogP contribution is -2.58. The Morgan fingerprint density at radius 2 is 1.79 bits per heavy atom. The van der Waals surface area contributed by atoms with Crippen LogP contribution in [0.25, 0.3) is 0 Å². The van der Waals surface area contributed by atoms with E-state index < -0.39 is 29.5 Å². The highest BCUT2D eigenvalue weighted by Gasteiger charge is 2.48. The predicted octanol–water partition coefficient (Wildman–Crippen LogP) is 7.86. The molecule has 2 aliphatic rings. The van der Waals surface area contributed by atoms with E-state index in [9.17, 15) is 18.0 Å². The lowest BCUT2D eigenvalue weighted by atomic mass is 9.77. The molecule has 0 aliphatic carbocycles. The number of carbonyl (C=O) groups excluding carboxylic acids is 1. The highest BCUT2D eigenvalue weighted by atomic mass is 19.4. The number of halogens is 3. The van der Waals surface area contributed by atoms with Crippen LogP contribution < -0.4 is 0 Å². The normalized spacial score (nSPS) is 21.2. The van der Waals surface area contributed by atoms with Crippen molar-refractivity contribution in [2.45, 2.75) is 51.1 Å². The molecule has 2 aliphatic heterocycles. The number of hydrogen-bond acceptors (Lipinski definition) is 6. The number of alkyl halides is 3. The average molecular weight is 579 g/mol. The van der Waals surface area contributed by atoms with Crippen molar-refractivity contribution in [2.75, 3.05) is 19.8 Å².